The number of carbonyl (C=O) groups is 1. The number of nitrogens with zero attached hydrogens (tertiary/aromatic N) is 1. The topological polar surface area (TPSA) is 106 Å². The molecule has 0 radical (unpaired) electrons. The molecule has 3 aromatic carbocycles. The quantitative estimate of drug-likeness (QED) is 0.137. The van der Waals surface area contributed by atoms with E-state index >= 15 is 0 Å². The number of hydrogen-bond donors (Lipinski definition) is 3. The van der Waals surface area contributed by atoms with Crippen LogP contribution < -0.4 is 16.0 Å². The van der Waals surface area contributed by atoms with Gasteiger partial charge in [-0.15, -0.1) is 6.58 Å². The van der Waals surface area contributed by atoms with E-state index < -0.39 is 17.6 Å². The van der Waals surface area contributed by atoms with E-state index in [1.54, 1.807) is 18.2 Å². The molecule has 1 amide bonds. The van der Waals surface area contributed by atoms with Crippen molar-refractivity contribution in [1.82, 2.24) is 5.43 Å². The van der Waals surface area contributed by atoms with E-state index in [9.17, 15) is 4.79 Å². The minimum Gasteiger partial charge on any atom is -0.494 e. The molecule has 3 aromatic rings. The lowest BCUT2D eigenvalue weighted by molar-refractivity contribution is -0.128. The summed E-state index contributed by atoms with van der Waals surface area (Å²) in [6, 6.07) is 25.2. The Morgan fingerprint density at radius 1 is 1.06 bits per heavy atom. The fraction of sp³-hybridized carbons (Fsp3) is 0.214. The van der Waals surface area contributed by atoms with Crippen LogP contribution >= 0.6 is 0 Å². The van der Waals surface area contributed by atoms with Gasteiger partial charge in [-0.25, -0.2) is 10.8 Å². The van der Waals surface area contributed by atoms with Gasteiger partial charge in [0.2, 0.25) is 5.90 Å². The van der Waals surface area contributed by atoms with Gasteiger partial charge in [-0.2, -0.15) is 0 Å². The standard InChI is InChI=1S/C28H29N3O4/c1-2-17-28(27(33)31-29)25(22-11-9-21(10-12-22)20-7-4-3-5-8-20)35-26(30-28)23-13-15-24(16-14-23)34-19-6-18-32/h2-5,7-16,25,32H,1,6,17-19,29H2,(H,31,33)/t25-,28-/m0/s1. The molecule has 0 bridgehead atoms. The summed E-state index contributed by atoms with van der Waals surface area (Å²) in [6.45, 7) is 4.33. The second-order valence-corrected chi connectivity index (χ2v) is 8.24. The average Bonchev–Trinajstić information content (AvgIpc) is 3.30. The van der Waals surface area contributed by atoms with Crippen LogP contribution in [0, 0.1) is 0 Å². The number of aliphatic hydroxyl groups excluding tert-OH is 1. The zero-order valence-corrected chi connectivity index (χ0v) is 19.4. The summed E-state index contributed by atoms with van der Waals surface area (Å²) in [5.74, 6) is 6.14. The maximum atomic E-state index is 13.1. The van der Waals surface area contributed by atoms with Crippen molar-refractivity contribution in [1.29, 1.82) is 0 Å². The van der Waals surface area contributed by atoms with Crippen LogP contribution in [0.2, 0.25) is 0 Å². The average molecular weight is 472 g/mol. The Morgan fingerprint density at radius 3 is 2.34 bits per heavy atom. The maximum Gasteiger partial charge on any atom is 0.266 e. The monoisotopic (exact) mass is 471 g/mol. The van der Waals surface area contributed by atoms with Crippen LogP contribution in [0.25, 0.3) is 11.1 Å². The first kappa shape index (κ1) is 24.2. The van der Waals surface area contributed by atoms with Gasteiger partial charge < -0.3 is 14.6 Å². The lowest BCUT2D eigenvalue weighted by Gasteiger charge is -2.29. The highest BCUT2D eigenvalue weighted by molar-refractivity contribution is 6.01. The first-order valence-corrected chi connectivity index (χ1v) is 11.5. The SMILES string of the molecule is C=CC[C@]1(C(=O)NN)N=C(c2ccc(OCCCO)cc2)O[C@H]1c1ccc(-c2ccccc2)cc1. The number of amides is 1. The Morgan fingerprint density at radius 2 is 1.71 bits per heavy atom. The van der Waals surface area contributed by atoms with E-state index in [0.717, 1.165) is 16.7 Å². The lowest BCUT2D eigenvalue weighted by Crippen LogP contribution is -2.50. The van der Waals surface area contributed by atoms with Gasteiger partial charge in [0.15, 0.2) is 11.6 Å². The molecule has 1 aliphatic heterocycles. The van der Waals surface area contributed by atoms with Crippen molar-refractivity contribution in [3.63, 3.8) is 0 Å². The van der Waals surface area contributed by atoms with Gasteiger partial charge in [0.25, 0.3) is 5.91 Å². The summed E-state index contributed by atoms with van der Waals surface area (Å²) in [5.41, 5.74) is 4.64. The van der Waals surface area contributed by atoms with E-state index in [-0.39, 0.29) is 13.0 Å². The van der Waals surface area contributed by atoms with Crippen molar-refractivity contribution in [2.24, 2.45) is 10.8 Å². The molecule has 35 heavy (non-hydrogen) atoms. The molecule has 0 spiro atoms. The Bertz CT molecular complexity index is 1180. The summed E-state index contributed by atoms with van der Waals surface area (Å²) in [5, 5.41) is 8.92. The number of aliphatic imine (C=N–C) groups is 1. The van der Waals surface area contributed by atoms with Crippen LogP contribution in [0.3, 0.4) is 0 Å². The Hall–Kier alpha value is -3.94. The number of nitrogens with two attached hydrogens (primary N) is 1. The number of nitrogens with one attached hydrogen (secondary N) is 1. The molecule has 1 heterocycles. The predicted molar refractivity (Wildman–Crippen MR) is 136 cm³/mol. The van der Waals surface area contributed by atoms with Crippen LogP contribution in [0.4, 0.5) is 0 Å². The van der Waals surface area contributed by atoms with E-state index in [1.165, 1.54) is 0 Å². The molecule has 1 aliphatic rings. The van der Waals surface area contributed by atoms with Gasteiger partial charge in [-0.05, 0) is 41.0 Å². The molecular weight excluding hydrogens is 442 g/mol. The molecule has 4 rings (SSSR count). The molecule has 0 fully saturated rings. The van der Waals surface area contributed by atoms with Crippen LogP contribution in [0.5, 0.6) is 5.75 Å². The molecule has 0 saturated heterocycles. The van der Waals surface area contributed by atoms with E-state index in [0.29, 0.717) is 30.2 Å². The third-order valence-electron chi connectivity index (χ3n) is 5.94. The Labute approximate surface area is 204 Å². The Balaban J connectivity index is 1.65. The molecule has 2 atom stereocenters. The molecule has 180 valence electrons. The summed E-state index contributed by atoms with van der Waals surface area (Å²) in [4.78, 5) is 17.8. The molecule has 7 nitrogen and oxygen atoms in total. The molecule has 4 N–H and O–H groups in total. The summed E-state index contributed by atoms with van der Waals surface area (Å²) >= 11 is 0. The van der Waals surface area contributed by atoms with Gasteiger partial charge in [-0.3, -0.25) is 10.2 Å². The highest BCUT2D eigenvalue weighted by Crippen LogP contribution is 2.43. The summed E-state index contributed by atoms with van der Waals surface area (Å²) < 4.78 is 11.9. The van der Waals surface area contributed by atoms with Crippen molar-refractivity contribution < 1.29 is 19.4 Å². The predicted octanol–water partition coefficient (Wildman–Crippen LogP) is 3.94. The van der Waals surface area contributed by atoms with Gasteiger partial charge in [0.1, 0.15) is 5.75 Å². The normalized spacial score (nSPS) is 18.9. The highest BCUT2D eigenvalue weighted by atomic mass is 16.5. The van der Waals surface area contributed by atoms with Crippen molar-refractivity contribution in [2.75, 3.05) is 13.2 Å². The van der Waals surface area contributed by atoms with Crippen molar-refractivity contribution in [3.05, 3.63) is 103 Å². The highest BCUT2D eigenvalue weighted by Gasteiger charge is 2.52. The maximum absolute atomic E-state index is 13.1. The van der Waals surface area contributed by atoms with Crippen molar-refractivity contribution in [3.8, 4) is 16.9 Å². The third kappa shape index (κ3) is 5.11. The summed E-state index contributed by atoms with van der Waals surface area (Å²) in [6.07, 6.45) is 1.76. The number of aliphatic hydroxyl groups is 1. The number of ether oxygens (including phenoxy) is 2. The number of rotatable bonds is 10. The van der Waals surface area contributed by atoms with Crippen LogP contribution in [-0.4, -0.2) is 35.7 Å². The van der Waals surface area contributed by atoms with Crippen LogP contribution in [0.1, 0.15) is 30.1 Å². The number of benzene rings is 3. The van der Waals surface area contributed by atoms with Crippen LogP contribution in [0.15, 0.2) is 96.5 Å². The fourth-order valence-corrected chi connectivity index (χ4v) is 4.14. The molecule has 0 saturated carbocycles. The van der Waals surface area contributed by atoms with Gasteiger partial charge in [0.05, 0.1) is 6.61 Å². The van der Waals surface area contributed by atoms with Crippen molar-refractivity contribution in [2.45, 2.75) is 24.5 Å². The lowest BCUT2D eigenvalue weighted by atomic mass is 9.84. The second kappa shape index (κ2) is 11.0. The Kier molecular flexibility index (Phi) is 7.60. The first-order valence-electron chi connectivity index (χ1n) is 11.5. The summed E-state index contributed by atoms with van der Waals surface area (Å²) in [7, 11) is 0. The largest absolute Gasteiger partial charge is 0.494 e. The van der Waals surface area contributed by atoms with E-state index in [2.05, 4.69) is 12.0 Å². The van der Waals surface area contributed by atoms with Gasteiger partial charge >= 0.3 is 0 Å². The van der Waals surface area contributed by atoms with E-state index in [1.807, 2.05) is 66.7 Å². The van der Waals surface area contributed by atoms with Crippen molar-refractivity contribution >= 4 is 11.8 Å². The molecule has 0 aliphatic carbocycles. The molecule has 0 aromatic heterocycles. The minimum absolute atomic E-state index is 0.0744. The smallest absolute Gasteiger partial charge is 0.266 e. The van der Waals surface area contributed by atoms with Crippen LogP contribution in [-0.2, 0) is 9.53 Å². The minimum atomic E-state index is -1.30. The molecule has 7 heteroatoms. The molecular formula is C28H29N3O4. The second-order valence-electron chi connectivity index (χ2n) is 8.24. The number of hydrogen-bond acceptors (Lipinski definition) is 6. The van der Waals surface area contributed by atoms with Gasteiger partial charge in [-0.1, -0.05) is 60.7 Å². The zero-order valence-electron chi connectivity index (χ0n) is 19.4. The first-order chi connectivity index (χ1) is 17.1. The molecule has 0 unspecified atom stereocenters. The number of carbonyl (C=O) groups excluding carboxylic acids is 1. The fourth-order valence-electron chi connectivity index (χ4n) is 4.14. The zero-order chi connectivity index (χ0) is 24.7. The number of hydrazine groups is 1. The van der Waals surface area contributed by atoms with E-state index in [4.69, 9.17) is 25.4 Å². The van der Waals surface area contributed by atoms with Gasteiger partial charge in [0, 0.05) is 25.0 Å². The third-order valence-corrected chi connectivity index (χ3v) is 5.94.